The Bertz CT molecular complexity index is 424. The molecule has 0 saturated carbocycles. The predicted molar refractivity (Wildman–Crippen MR) is 58.5 cm³/mol. The molecule has 0 bridgehead atoms. The van der Waals surface area contributed by atoms with Crippen LogP contribution in [0.1, 0.15) is 5.69 Å². The normalized spacial score (nSPS) is 10.4. The summed E-state index contributed by atoms with van der Waals surface area (Å²) in [7, 11) is 0. The maximum atomic E-state index is 8.82. The summed E-state index contributed by atoms with van der Waals surface area (Å²) in [6, 6.07) is 7.56. The van der Waals surface area contributed by atoms with Gasteiger partial charge in [0, 0.05) is 16.6 Å². The van der Waals surface area contributed by atoms with Gasteiger partial charge in [0.25, 0.3) is 0 Å². The van der Waals surface area contributed by atoms with Crippen molar-refractivity contribution in [1.82, 2.24) is 4.98 Å². The van der Waals surface area contributed by atoms with E-state index in [0.29, 0.717) is 5.69 Å². The monoisotopic (exact) mass is 225 g/mol. The Balaban J connectivity index is 2.33. The molecule has 0 unspecified atom stereocenters. The number of aromatic nitrogens is 1. The standard InChI is InChI=1S/C10H8ClNOS/c11-10-4-3-9(14-10)7-1-2-8(6-13)12-5-7/h1-5,13H,6H2. The SMILES string of the molecule is OCc1ccc(-c2ccc(Cl)s2)cn1. The van der Waals surface area contributed by atoms with Crippen LogP contribution in [-0.4, -0.2) is 10.1 Å². The molecule has 0 aromatic carbocycles. The highest BCUT2D eigenvalue weighted by atomic mass is 35.5. The third-order valence-electron chi connectivity index (χ3n) is 1.84. The van der Waals surface area contributed by atoms with Crippen molar-refractivity contribution >= 4 is 22.9 Å². The molecule has 4 heteroatoms. The molecule has 1 N–H and O–H groups in total. The quantitative estimate of drug-likeness (QED) is 0.853. The fraction of sp³-hybridized carbons (Fsp3) is 0.100. The minimum Gasteiger partial charge on any atom is -0.390 e. The van der Waals surface area contributed by atoms with E-state index < -0.39 is 0 Å². The third kappa shape index (κ3) is 1.95. The van der Waals surface area contributed by atoms with Crippen molar-refractivity contribution in [3.63, 3.8) is 0 Å². The maximum absolute atomic E-state index is 8.82. The lowest BCUT2D eigenvalue weighted by molar-refractivity contribution is 0.277. The predicted octanol–water partition coefficient (Wildman–Crippen LogP) is 2.96. The summed E-state index contributed by atoms with van der Waals surface area (Å²) < 4.78 is 0.770. The molecule has 0 spiro atoms. The van der Waals surface area contributed by atoms with E-state index in [4.69, 9.17) is 16.7 Å². The Kier molecular flexibility index (Phi) is 2.82. The second-order valence-electron chi connectivity index (χ2n) is 2.80. The Morgan fingerprint density at radius 3 is 2.64 bits per heavy atom. The first-order chi connectivity index (χ1) is 6.79. The average molecular weight is 226 g/mol. The number of pyridine rings is 1. The highest BCUT2D eigenvalue weighted by Crippen LogP contribution is 2.30. The number of halogens is 1. The highest BCUT2D eigenvalue weighted by molar-refractivity contribution is 7.19. The summed E-state index contributed by atoms with van der Waals surface area (Å²) in [6.07, 6.45) is 1.74. The van der Waals surface area contributed by atoms with Gasteiger partial charge in [-0.05, 0) is 18.2 Å². The van der Waals surface area contributed by atoms with Crippen molar-refractivity contribution in [2.24, 2.45) is 0 Å². The minimum absolute atomic E-state index is 0.0223. The second kappa shape index (κ2) is 4.09. The highest BCUT2D eigenvalue weighted by Gasteiger charge is 2.01. The summed E-state index contributed by atoms with van der Waals surface area (Å²) in [5.41, 5.74) is 1.70. The van der Waals surface area contributed by atoms with E-state index in [1.807, 2.05) is 24.3 Å². The van der Waals surface area contributed by atoms with E-state index in [2.05, 4.69) is 4.98 Å². The van der Waals surface area contributed by atoms with Crippen molar-refractivity contribution in [1.29, 1.82) is 0 Å². The van der Waals surface area contributed by atoms with Crippen LogP contribution in [0, 0.1) is 0 Å². The molecule has 0 radical (unpaired) electrons. The first kappa shape index (κ1) is 9.65. The van der Waals surface area contributed by atoms with Crippen LogP contribution in [0.3, 0.4) is 0 Å². The first-order valence-electron chi connectivity index (χ1n) is 4.11. The summed E-state index contributed by atoms with van der Waals surface area (Å²) in [5, 5.41) is 8.82. The smallest absolute Gasteiger partial charge is 0.0934 e. The van der Waals surface area contributed by atoms with Gasteiger partial charge in [-0.1, -0.05) is 17.7 Å². The van der Waals surface area contributed by atoms with Gasteiger partial charge in [0.05, 0.1) is 16.6 Å². The number of hydrogen-bond acceptors (Lipinski definition) is 3. The molecule has 2 nitrogen and oxygen atoms in total. The molecule has 0 aliphatic rings. The van der Waals surface area contributed by atoms with Crippen molar-refractivity contribution in [2.75, 3.05) is 0 Å². The van der Waals surface area contributed by atoms with Crippen molar-refractivity contribution in [2.45, 2.75) is 6.61 Å². The van der Waals surface area contributed by atoms with E-state index in [1.54, 1.807) is 6.20 Å². The number of aliphatic hydroxyl groups is 1. The Hall–Kier alpha value is -0.900. The number of rotatable bonds is 2. The van der Waals surface area contributed by atoms with Gasteiger partial charge in [-0.3, -0.25) is 4.98 Å². The molecule has 0 aliphatic carbocycles. The topological polar surface area (TPSA) is 33.1 Å². The van der Waals surface area contributed by atoms with E-state index in [9.17, 15) is 0 Å². The average Bonchev–Trinajstić information content (AvgIpc) is 2.65. The zero-order valence-corrected chi connectivity index (χ0v) is 8.85. The van der Waals surface area contributed by atoms with Crippen LogP contribution >= 0.6 is 22.9 Å². The van der Waals surface area contributed by atoms with E-state index in [0.717, 1.165) is 14.8 Å². The van der Waals surface area contributed by atoms with Gasteiger partial charge in [-0.25, -0.2) is 0 Å². The Morgan fingerprint density at radius 1 is 1.29 bits per heavy atom. The summed E-state index contributed by atoms with van der Waals surface area (Å²) >= 11 is 7.34. The summed E-state index contributed by atoms with van der Waals surface area (Å²) in [6.45, 7) is -0.0223. The molecule has 2 aromatic rings. The minimum atomic E-state index is -0.0223. The summed E-state index contributed by atoms with van der Waals surface area (Å²) in [4.78, 5) is 5.19. The maximum Gasteiger partial charge on any atom is 0.0934 e. The lowest BCUT2D eigenvalue weighted by atomic mass is 10.2. The molecule has 0 atom stereocenters. The number of aliphatic hydroxyl groups excluding tert-OH is 1. The number of hydrogen-bond donors (Lipinski definition) is 1. The molecule has 2 aromatic heterocycles. The van der Waals surface area contributed by atoms with Gasteiger partial charge >= 0.3 is 0 Å². The first-order valence-corrected chi connectivity index (χ1v) is 5.30. The number of thiophene rings is 1. The van der Waals surface area contributed by atoms with Crippen LogP contribution in [0.2, 0.25) is 4.34 Å². The van der Waals surface area contributed by atoms with Crippen LogP contribution in [0.5, 0.6) is 0 Å². The molecular formula is C10H8ClNOS. The summed E-state index contributed by atoms with van der Waals surface area (Å²) in [5.74, 6) is 0. The zero-order valence-electron chi connectivity index (χ0n) is 7.27. The van der Waals surface area contributed by atoms with Crippen molar-refractivity contribution in [3.8, 4) is 10.4 Å². The van der Waals surface area contributed by atoms with Crippen molar-refractivity contribution < 1.29 is 5.11 Å². The second-order valence-corrected chi connectivity index (χ2v) is 4.52. The van der Waals surface area contributed by atoms with Crippen LogP contribution < -0.4 is 0 Å². The molecule has 2 rings (SSSR count). The van der Waals surface area contributed by atoms with Gasteiger partial charge in [0.15, 0.2) is 0 Å². The molecule has 0 fully saturated rings. The van der Waals surface area contributed by atoms with Crippen molar-refractivity contribution in [3.05, 3.63) is 40.5 Å². The van der Waals surface area contributed by atoms with E-state index in [-0.39, 0.29) is 6.61 Å². The fourth-order valence-electron chi connectivity index (χ4n) is 1.13. The van der Waals surface area contributed by atoms with Gasteiger partial charge in [-0.2, -0.15) is 0 Å². The molecule has 0 saturated heterocycles. The molecule has 0 amide bonds. The van der Waals surface area contributed by atoms with E-state index >= 15 is 0 Å². The Morgan fingerprint density at radius 2 is 2.14 bits per heavy atom. The molecular weight excluding hydrogens is 218 g/mol. The molecule has 0 aliphatic heterocycles. The van der Waals surface area contributed by atoms with Gasteiger partial charge in [-0.15, -0.1) is 11.3 Å². The molecule has 2 heterocycles. The Labute approximate surface area is 90.8 Å². The third-order valence-corrected chi connectivity index (χ3v) is 3.12. The van der Waals surface area contributed by atoms with Crippen LogP contribution in [0.4, 0.5) is 0 Å². The lowest BCUT2D eigenvalue weighted by Crippen LogP contribution is -1.87. The molecule has 72 valence electrons. The van der Waals surface area contributed by atoms with Crippen LogP contribution in [-0.2, 0) is 6.61 Å². The van der Waals surface area contributed by atoms with Gasteiger partial charge < -0.3 is 5.11 Å². The zero-order chi connectivity index (χ0) is 9.97. The van der Waals surface area contributed by atoms with Crippen LogP contribution in [0.25, 0.3) is 10.4 Å². The molecule has 14 heavy (non-hydrogen) atoms. The largest absolute Gasteiger partial charge is 0.390 e. The van der Waals surface area contributed by atoms with E-state index in [1.165, 1.54) is 11.3 Å². The fourth-order valence-corrected chi connectivity index (χ4v) is 2.17. The lowest BCUT2D eigenvalue weighted by Gasteiger charge is -1.97. The number of nitrogens with zero attached hydrogens (tertiary/aromatic N) is 1. The van der Waals surface area contributed by atoms with Crippen LogP contribution in [0.15, 0.2) is 30.5 Å². The van der Waals surface area contributed by atoms with Gasteiger partial charge in [0.1, 0.15) is 0 Å². The van der Waals surface area contributed by atoms with Gasteiger partial charge in [0.2, 0.25) is 0 Å².